The van der Waals surface area contributed by atoms with Crippen LogP contribution in [0.15, 0.2) is 30.3 Å². The van der Waals surface area contributed by atoms with E-state index in [9.17, 15) is 24.0 Å². The van der Waals surface area contributed by atoms with E-state index in [0.29, 0.717) is 19.3 Å². The topological polar surface area (TPSA) is 155 Å². The molecule has 0 aliphatic carbocycles. The average molecular weight is 637 g/mol. The summed E-state index contributed by atoms with van der Waals surface area (Å²) in [6, 6.07) is 5.35. The lowest BCUT2D eigenvalue weighted by Crippen LogP contribution is -2.60. The molecule has 12 nitrogen and oxygen atoms in total. The maximum Gasteiger partial charge on any atom is 0.408 e. The fraction of sp³-hybridized carbons (Fsp3) is 0.577. The summed E-state index contributed by atoms with van der Waals surface area (Å²) in [4.78, 5) is 63.1. The highest BCUT2D eigenvalue weighted by Crippen LogP contribution is 2.26. The van der Waals surface area contributed by atoms with Gasteiger partial charge in [0.25, 0.3) is 11.8 Å². The van der Waals surface area contributed by atoms with Gasteiger partial charge in [-0.3, -0.25) is 24.7 Å². The van der Waals surface area contributed by atoms with E-state index >= 15 is 0 Å². The number of urea groups is 1. The average Bonchev–Trinajstić information content (AvgIpc) is 2.88. The van der Waals surface area contributed by atoms with Crippen LogP contribution in [0.5, 0.6) is 0 Å². The number of esters is 1. The Hall–Kier alpha value is -2.80. The molecular formula is C26H36Cl3N5O7. The second-order valence-electron chi connectivity index (χ2n) is 10.4. The van der Waals surface area contributed by atoms with Crippen LogP contribution in [-0.4, -0.2) is 75.6 Å². The van der Waals surface area contributed by atoms with Crippen LogP contribution in [0, 0.1) is 0 Å². The van der Waals surface area contributed by atoms with Crippen molar-refractivity contribution in [2.45, 2.75) is 80.9 Å². The first-order valence-electron chi connectivity index (χ1n) is 13.0. The molecule has 0 radical (unpaired) electrons. The minimum atomic E-state index is -1.77. The van der Waals surface area contributed by atoms with Crippen LogP contribution in [-0.2, 0) is 30.3 Å². The molecule has 1 fully saturated rings. The zero-order valence-corrected chi connectivity index (χ0v) is 25.6. The van der Waals surface area contributed by atoms with Gasteiger partial charge in [0.15, 0.2) is 0 Å². The number of carbonyl (C=O) groups is 5. The Kier molecular flexibility index (Phi) is 13.0. The van der Waals surface area contributed by atoms with Crippen molar-refractivity contribution in [1.82, 2.24) is 26.4 Å². The molecule has 1 heterocycles. The van der Waals surface area contributed by atoms with Crippen molar-refractivity contribution in [3.05, 3.63) is 35.9 Å². The summed E-state index contributed by atoms with van der Waals surface area (Å²) in [6.45, 7) is 6.28. The lowest BCUT2D eigenvalue weighted by atomic mass is 10.0. The smallest absolute Gasteiger partial charge is 0.408 e. The number of nitrogens with zero attached hydrogens (tertiary/aromatic N) is 1. The molecule has 0 aromatic heterocycles. The zero-order valence-electron chi connectivity index (χ0n) is 23.3. The van der Waals surface area contributed by atoms with Crippen LogP contribution in [0.25, 0.3) is 0 Å². The molecule has 4 N–H and O–H groups in total. The number of halogens is 3. The summed E-state index contributed by atoms with van der Waals surface area (Å²) in [5.41, 5.74) is 2.90. The number of nitrogens with one attached hydrogen (secondary N) is 4. The van der Waals surface area contributed by atoms with Crippen molar-refractivity contribution >= 4 is 64.7 Å². The van der Waals surface area contributed by atoms with Gasteiger partial charge in [-0.25, -0.2) is 15.0 Å². The van der Waals surface area contributed by atoms with Crippen molar-refractivity contribution in [3.63, 3.8) is 0 Å². The highest BCUT2D eigenvalue weighted by atomic mass is 35.6. The molecular weight excluding hydrogens is 601 g/mol. The SMILES string of the molecule is C[C@H](NC(=O)NC(=O)[C@H](CCc1ccccc1)NC(=O)OC(C)(C)C)C(=O)N1CCC[C@@H](C(=O)OCC(Cl)(Cl)Cl)N1. The van der Waals surface area contributed by atoms with Crippen molar-refractivity contribution in [3.8, 4) is 0 Å². The van der Waals surface area contributed by atoms with E-state index in [-0.39, 0.29) is 13.0 Å². The Bertz CT molecular complexity index is 1080. The monoisotopic (exact) mass is 635 g/mol. The van der Waals surface area contributed by atoms with Crippen molar-refractivity contribution < 1.29 is 33.4 Å². The Balaban J connectivity index is 1.95. The summed E-state index contributed by atoms with van der Waals surface area (Å²) in [5.74, 6) is -2.03. The minimum absolute atomic E-state index is 0.185. The predicted octanol–water partition coefficient (Wildman–Crippen LogP) is 3.14. The molecule has 1 aromatic rings. The number of ether oxygens (including phenoxy) is 2. The number of hydrazine groups is 1. The van der Waals surface area contributed by atoms with Gasteiger partial charge in [-0.2, -0.15) is 0 Å². The number of hydrogen-bond donors (Lipinski definition) is 4. The largest absolute Gasteiger partial charge is 0.460 e. The standard InChI is InChI=1S/C26H36Cl3N5O7/c1-16(21(36)34-14-8-11-19(33-34)22(37)40-15-26(27,28)29)30-23(38)32-20(35)18(31-24(39)41-25(2,3)4)13-12-17-9-6-5-7-10-17/h5-7,9-10,16,18-19,33H,8,11-15H2,1-4H3,(H,31,39)(H2,30,32,35,38)/t16-,18-,19-/m0/s1. The van der Waals surface area contributed by atoms with E-state index in [0.717, 1.165) is 5.56 Å². The third kappa shape index (κ3) is 13.2. The lowest BCUT2D eigenvalue weighted by molar-refractivity contribution is -0.152. The summed E-state index contributed by atoms with van der Waals surface area (Å²) in [5, 5.41) is 8.26. The fourth-order valence-corrected chi connectivity index (χ4v) is 3.93. The Morgan fingerprint density at radius 3 is 2.34 bits per heavy atom. The first kappa shape index (κ1) is 34.4. The molecule has 0 spiro atoms. The number of rotatable bonds is 9. The van der Waals surface area contributed by atoms with Crippen molar-refractivity contribution in [2.75, 3.05) is 13.2 Å². The van der Waals surface area contributed by atoms with Gasteiger partial charge in [-0.1, -0.05) is 65.1 Å². The molecule has 41 heavy (non-hydrogen) atoms. The molecule has 3 atom stereocenters. The number of alkyl carbamates (subject to hydrolysis) is 1. The van der Waals surface area contributed by atoms with Gasteiger partial charge in [0, 0.05) is 6.54 Å². The van der Waals surface area contributed by atoms with Gasteiger partial charge >= 0.3 is 18.1 Å². The summed E-state index contributed by atoms with van der Waals surface area (Å²) >= 11 is 16.8. The molecule has 1 aliphatic rings. The van der Waals surface area contributed by atoms with Crippen molar-refractivity contribution in [1.29, 1.82) is 0 Å². The maximum absolute atomic E-state index is 12.9. The molecule has 228 valence electrons. The number of aryl methyl sites for hydroxylation is 1. The van der Waals surface area contributed by atoms with E-state index < -0.39 is 64.0 Å². The number of imide groups is 1. The Labute approximate surface area is 254 Å². The van der Waals surface area contributed by atoms with E-state index in [1.165, 1.54) is 11.9 Å². The molecule has 1 aliphatic heterocycles. The highest BCUT2D eigenvalue weighted by molar-refractivity contribution is 6.67. The van der Waals surface area contributed by atoms with Gasteiger partial charge in [-0.05, 0) is 58.9 Å². The van der Waals surface area contributed by atoms with E-state index in [4.69, 9.17) is 44.3 Å². The molecule has 1 aromatic carbocycles. The first-order chi connectivity index (χ1) is 19.0. The third-order valence-electron chi connectivity index (χ3n) is 5.64. The predicted molar refractivity (Wildman–Crippen MR) is 153 cm³/mol. The lowest BCUT2D eigenvalue weighted by Gasteiger charge is -2.34. The van der Waals surface area contributed by atoms with Crippen LogP contribution in [0.1, 0.15) is 52.5 Å². The summed E-state index contributed by atoms with van der Waals surface area (Å²) in [7, 11) is 0. The Morgan fingerprint density at radius 1 is 1.07 bits per heavy atom. The summed E-state index contributed by atoms with van der Waals surface area (Å²) < 4.78 is 8.46. The number of benzene rings is 1. The fourth-order valence-electron chi connectivity index (χ4n) is 3.77. The van der Waals surface area contributed by atoms with Gasteiger partial charge in [-0.15, -0.1) is 0 Å². The van der Waals surface area contributed by atoms with Gasteiger partial charge in [0.2, 0.25) is 3.79 Å². The van der Waals surface area contributed by atoms with E-state index in [1.807, 2.05) is 30.3 Å². The van der Waals surface area contributed by atoms with Gasteiger partial charge in [0.05, 0.1) is 0 Å². The van der Waals surface area contributed by atoms with Gasteiger partial charge in [0.1, 0.15) is 30.3 Å². The van der Waals surface area contributed by atoms with E-state index in [2.05, 4.69) is 21.4 Å². The van der Waals surface area contributed by atoms with Crippen LogP contribution < -0.4 is 21.4 Å². The number of alkyl halides is 3. The first-order valence-corrected chi connectivity index (χ1v) is 14.1. The zero-order chi connectivity index (χ0) is 30.8. The molecule has 5 amide bonds. The normalized spacial score (nSPS) is 17.0. The molecule has 0 bridgehead atoms. The van der Waals surface area contributed by atoms with Crippen LogP contribution in [0.3, 0.4) is 0 Å². The minimum Gasteiger partial charge on any atom is -0.460 e. The highest BCUT2D eigenvalue weighted by Gasteiger charge is 2.33. The van der Waals surface area contributed by atoms with Crippen LogP contribution in [0.2, 0.25) is 0 Å². The summed E-state index contributed by atoms with van der Waals surface area (Å²) in [6.07, 6.45) is 0.673. The van der Waals surface area contributed by atoms with E-state index in [1.54, 1.807) is 20.8 Å². The molecule has 0 unspecified atom stereocenters. The molecule has 2 rings (SSSR count). The maximum atomic E-state index is 12.9. The molecule has 0 saturated carbocycles. The third-order valence-corrected chi connectivity index (χ3v) is 5.97. The Morgan fingerprint density at radius 2 is 1.73 bits per heavy atom. The molecule has 1 saturated heterocycles. The van der Waals surface area contributed by atoms with Crippen LogP contribution >= 0.6 is 34.8 Å². The quantitative estimate of drug-likeness (QED) is 0.238. The molecule has 15 heteroatoms. The second kappa shape index (κ2) is 15.4. The number of carbonyl (C=O) groups excluding carboxylic acids is 5. The number of hydrogen-bond acceptors (Lipinski definition) is 8. The van der Waals surface area contributed by atoms with Crippen LogP contribution in [0.4, 0.5) is 9.59 Å². The second-order valence-corrected chi connectivity index (χ2v) is 13.0. The van der Waals surface area contributed by atoms with Crippen molar-refractivity contribution in [2.24, 2.45) is 0 Å². The van der Waals surface area contributed by atoms with Gasteiger partial charge < -0.3 is 20.1 Å². The number of amides is 5.